The van der Waals surface area contributed by atoms with Crippen molar-refractivity contribution < 1.29 is 8.78 Å². The molecule has 1 heterocycles. The largest absolute Gasteiger partial charge is 0.371 e. The van der Waals surface area contributed by atoms with Crippen LogP contribution in [0.15, 0.2) is 36.4 Å². The quantitative estimate of drug-likeness (QED) is 0.804. The van der Waals surface area contributed by atoms with Crippen molar-refractivity contribution in [2.75, 3.05) is 29.9 Å². The Balaban J connectivity index is 2.13. The number of likely N-dealkylation sites (N-methyl/N-ethyl adjacent to an activating group) is 1. The van der Waals surface area contributed by atoms with E-state index in [1.807, 2.05) is 31.3 Å². The van der Waals surface area contributed by atoms with Gasteiger partial charge in [-0.15, -0.1) is 0 Å². The molecule has 0 fully saturated rings. The summed E-state index contributed by atoms with van der Waals surface area (Å²) in [6, 6.07) is 12.0. The fraction of sp³-hybridized carbons (Fsp3) is 0.188. The summed E-state index contributed by atoms with van der Waals surface area (Å²) in [7, 11) is 1.96. The molecule has 3 nitrogen and oxygen atoms in total. The van der Waals surface area contributed by atoms with Crippen LogP contribution in [-0.2, 0) is 0 Å². The second kappa shape index (κ2) is 5.06. The molecule has 2 aromatic rings. The molecule has 5 heteroatoms. The van der Waals surface area contributed by atoms with Gasteiger partial charge in [0, 0.05) is 20.1 Å². The molecule has 0 aromatic heterocycles. The van der Waals surface area contributed by atoms with Crippen LogP contribution in [0.4, 0.5) is 25.8 Å². The van der Waals surface area contributed by atoms with Crippen molar-refractivity contribution in [3.8, 4) is 6.07 Å². The van der Waals surface area contributed by atoms with E-state index >= 15 is 0 Å². The predicted octanol–water partition coefficient (Wildman–Crippen LogP) is 3.42. The minimum atomic E-state index is -1.09. The van der Waals surface area contributed by atoms with Gasteiger partial charge in [0.05, 0.1) is 22.6 Å². The number of benzene rings is 2. The molecule has 2 aromatic carbocycles. The normalized spacial score (nSPS) is 13.8. The highest BCUT2D eigenvalue weighted by Gasteiger charge is 2.25. The van der Waals surface area contributed by atoms with Gasteiger partial charge in [-0.05, 0) is 24.3 Å². The molecule has 0 saturated carbocycles. The Morgan fingerprint density at radius 2 is 1.67 bits per heavy atom. The summed E-state index contributed by atoms with van der Waals surface area (Å²) in [6.45, 7) is 1.26. The van der Waals surface area contributed by atoms with E-state index in [1.165, 1.54) is 12.1 Å². The average Bonchev–Trinajstić information content (AvgIpc) is 2.51. The summed E-state index contributed by atoms with van der Waals surface area (Å²) < 4.78 is 28.1. The topological polar surface area (TPSA) is 30.3 Å². The van der Waals surface area contributed by atoms with Gasteiger partial charge in [-0.3, -0.25) is 0 Å². The van der Waals surface area contributed by atoms with Gasteiger partial charge in [0.1, 0.15) is 6.07 Å². The average molecular weight is 285 g/mol. The van der Waals surface area contributed by atoms with Crippen LogP contribution >= 0.6 is 0 Å². The maximum atomic E-state index is 14.2. The number of anilines is 3. The van der Waals surface area contributed by atoms with Crippen LogP contribution < -0.4 is 9.80 Å². The minimum absolute atomic E-state index is 0.159. The monoisotopic (exact) mass is 285 g/mol. The standard InChI is InChI=1S/C16H13F2N3/c1-20-8-9-21(13-5-3-2-4-12(13)20)14-7-6-11(10-19)15(17)16(14)18/h2-7H,8-9H2,1H3. The summed E-state index contributed by atoms with van der Waals surface area (Å²) in [5, 5.41) is 8.76. The summed E-state index contributed by atoms with van der Waals surface area (Å²) in [4.78, 5) is 3.82. The third-order valence-corrected chi connectivity index (χ3v) is 3.72. The molecule has 0 saturated heterocycles. The van der Waals surface area contributed by atoms with Gasteiger partial charge in [-0.1, -0.05) is 12.1 Å². The van der Waals surface area contributed by atoms with Crippen LogP contribution in [0.3, 0.4) is 0 Å². The van der Waals surface area contributed by atoms with Gasteiger partial charge in [0.2, 0.25) is 0 Å². The highest BCUT2D eigenvalue weighted by Crippen LogP contribution is 2.38. The second-order valence-corrected chi connectivity index (χ2v) is 4.93. The van der Waals surface area contributed by atoms with Gasteiger partial charge < -0.3 is 9.80 Å². The lowest BCUT2D eigenvalue weighted by Gasteiger charge is -2.37. The lowest BCUT2D eigenvalue weighted by atomic mass is 10.1. The van der Waals surface area contributed by atoms with Crippen molar-refractivity contribution in [1.82, 2.24) is 0 Å². The van der Waals surface area contributed by atoms with Crippen LogP contribution in [0.5, 0.6) is 0 Å². The second-order valence-electron chi connectivity index (χ2n) is 4.93. The first-order valence-electron chi connectivity index (χ1n) is 6.59. The van der Waals surface area contributed by atoms with Crippen LogP contribution in [0.25, 0.3) is 0 Å². The molecule has 0 aliphatic carbocycles. The third kappa shape index (κ3) is 2.09. The zero-order valence-electron chi connectivity index (χ0n) is 11.5. The molecular weight excluding hydrogens is 272 g/mol. The molecule has 0 radical (unpaired) electrons. The first-order valence-corrected chi connectivity index (χ1v) is 6.59. The summed E-state index contributed by atoms with van der Waals surface area (Å²) in [5.41, 5.74) is 1.67. The molecule has 0 unspecified atom stereocenters. The molecule has 1 aliphatic rings. The Morgan fingerprint density at radius 1 is 0.952 bits per heavy atom. The van der Waals surface area contributed by atoms with Crippen LogP contribution in [0.2, 0.25) is 0 Å². The van der Waals surface area contributed by atoms with Crippen LogP contribution in [-0.4, -0.2) is 20.1 Å². The zero-order valence-corrected chi connectivity index (χ0v) is 11.5. The Kier molecular flexibility index (Phi) is 3.22. The molecule has 1 aliphatic heterocycles. The highest BCUT2D eigenvalue weighted by atomic mass is 19.2. The van der Waals surface area contributed by atoms with Crippen molar-refractivity contribution in [3.63, 3.8) is 0 Å². The Hall–Kier alpha value is -2.61. The predicted molar refractivity (Wildman–Crippen MR) is 77.8 cm³/mol. The maximum Gasteiger partial charge on any atom is 0.183 e. The lowest BCUT2D eigenvalue weighted by Crippen LogP contribution is -2.36. The Bertz CT molecular complexity index is 737. The van der Waals surface area contributed by atoms with Crippen molar-refractivity contribution in [2.24, 2.45) is 0 Å². The van der Waals surface area contributed by atoms with E-state index in [2.05, 4.69) is 4.90 Å². The van der Waals surface area contributed by atoms with E-state index in [0.29, 0.717) is 13.1 Å². The van der Waals surface area contributed by atoms with E-state index in [4.69, 9.17) is 5.26 Å². The van der Waals surface area contributed by atoms with Gasteiger partial charge in [-0.25, -0.2) is 8.78 Å². The number of fused-ring (bicyclic) bond motifs is 1. The smallest absolute Gasteiger partial charge is 0.183 e. The maximum absolute atomic E-state index is 14.2. The first-order chi connectivity index (χ1) is 10.1. The molecular formula is C16H13F2N3. The molecule has 0 spiro atoms. The fourth-order valence-electron chi connectivity index (χ4n) is 2.59. The van der Waals surface area contributed by atoms with Crippen molar-refractivity contribution in [2.45, 2.75) is 0 Å². The summed E-state index contributed by atoms with van der Waals surface area (Å²) in [5.74, 6) is -2.07. The van der Waals surface area contributed by atoms with Crippen molar-refractivity contribution >= 4 is 17.1 Å². The Labute approximate surface area is 121 Å². The van der Waals surface area contributed by atoms with E-state index in [-0.39, 0.29) is 11.3 Å². The number of nitrogens with zero attached hydrogens (tertiary/aromatic N) is 3. The molecule has 21 heavy (non-hydrogen) atoms. The lowest BCUT2D eigenvalue weighted by molar-refractivity contribution is 0.506. The first kappa shape index (κ1) is 13.4. The highest BCUT2D eigenvalue weighted by molar-refractivity contribution is 5.79. The molecule has 0 amide bonds. The van der Waals surface area contributed by atoms with Gasteiger partial charge >= 0.3 is 0 Å². The molecule has 0 bridgehead atoms. The van der Waals surface area contributed by atoms with Gasteiger partial charge in [0.25, 0.3) is 0 Å². The zero-order chi connectivity index (χ0) is 15.0. The third-order valence-electron chi connectivity index (χ3n) is 3.72. The number of halogens is 2. The summed E-state index contributed by atoms with van der Waals surface area (Å²) >= 11 is 0. The van der Waals surface area contributed by atoms with Crippen LogP contribution in [0.1, 0.15) is 5.56 Å². The van der Waals surface area contributed by atoms with E-state index in [9.17, 15) is 8.78 Å². The van der Waals surface area contributed by atoms with E-state index in [1.54, 1.807) is 11.0 Å². The number of hydrogen-bond acceptors (Lipinski definition) is 3. The van der Waals surface area contributed by atoms with Crippen molar-refractivity contribution in [3.05, 3.63) is 53.6 Å². The molecule has 0 N–H and O–H groups in total. The number of rotatable bonds is 1. The molecule has 106 valence electrons. The Morgan fingerprint density at radius 3 is 2.38 bits per heavy atom. The van der Waals surface area contributed by atoms with Gasteiger partial charge in [0.15, 0.2) is 11.6 Å². The van der Waals surface area contributed by atoms with E-state index in [0.717, 1.165) is 11.4 Å². The SMILES string of the molecule is CN1CCN(c2ccc(C#N)c(F)c2F)c2ccccc21. The number of nitriles is 1. The number of hydrogen-bond donors (Lipinski definition) is 0. The minimum Gasteiger partial charge on any atom is -0.371 e. The van der Waals surface area contributed by atoms with Crippen molar-refractivity contribution in [1.29, 1.82) is 5.26 Å². The van der Waals surface area contributed by atoms with E-state index < -0.39 is 11.6 Å². The van der Waals surface area contributed by atoms with Gasteiger partial charge in [-0.2, -0.15) is 5.26 Å². The summed E-state index contributed by atoms with van der Waals surface area (Å²) in [6.07, 6.45) is 0. The molecule has 0 atom stereocenters. The number of para-hydroxylation sites is 2. The van der Waals surface area contributed by atoms with Crippen LogP contribution in [0, 0.1) is 23.0 Å². The fourth-order valence-corrected chi connectivity index (χ4v) is 2.59. The molecule has 3 rings (SSSR count).